The Balaban J connectivity index is 2.32. The molecule has 2 rings (SSSR count). The van der Waals surface area contributed by atoms with E-state index < -0.39 is 0 Å². The Kier molecular flexibility index (Phi) is 4.61. The standard InChI is InChI=1S/C17H21NOS/c1-11(2)19-14-6-5-7-15(17(14)18)20-16-10-12(3)8-9-13(16)4/h5-11H,18H2,1-4H3. The summed E-state index contributed by atoms with van der Waals surface area (Å²) in [5.41, 5.74) is 9.45. The topological polar surface area (TPSA) is 35.2 Å². The summed E-state index contributed by atoms with van der Waals surface area (Å²) in [5, 5.41) is 0. The van der Waals surface area contributed by atoms with Gasteiger partial charge in [-0.1, -0.05) is 30.0 Å². The SMILES string of the molecule is Cc1ccc(C)c(Sc2cccc(OC(C)C)c2N)c1. The van der Waals surface area contributed by atoms with Crippen molar-refractivity contribution in [3.05, 3.63) is 47.5 Å². The van der Waals surface area contributed by atoms with Crippen LogP contribution in [0.15, 0.2) is 46.2 Å². The van der Waals surface area contributed by atoms with Crippen LogP contribution in [0.2, 0.25) is 0 Å². The lowest BCUT2D eigenvalue weighted by molar-refractivity contribution is 0.243. The first kappa shape index (κ1) is 14.8. The molecular weight excluding hydrogens is 266 g/mol. The molecule has 0 saturated heterocycles. The summed E-state index contributed by atoms with van der Waals surface area (Å²) in [4.78, 5) is 2.27. The van der Waals surface area contributed by atoms with Crippen LogP contribution >= 0.6 is 11.8 Å². The molecule has 0 aromatic heterocycles. The Hall–Kier alpha value is -1.61. The van der Waals surface area contributed by atoms with E-state index in [4.69, 9.17) is 10.5 Å². The number of anilines is 1. The second-order valence-corrected chi connectivity index (χ2v) is 6.29. The minimum Gasteiger partial charge on any atom is -0.489 e. The summed E-state index contributed by atoms with van der Waals surface area (Å²) >= 11 is 1.69. The predicted molar refractivity (Wildman–Crippen MR) is 86.7 cm³/mol. The summed E-state index contributed by atoms with van der Waals surface area (Å²) in [6.45, 7) is 8.23. The maximum absolute atomic E-state index is 6.22. The number of rotatable bonds is 4. The molecule has 2 nitrogen and oxygen atoms in total. The van der Waals surface area contributed by atoms with E-state index in [1.54, 1.807) is 11.8 Å². The van der Waals surface area contributed by atoms with Crippen molar-refractivity contribution in [3.63, 3.8) is 0 Å². The van der Waals surface area contributed by atoms with Crippen LogP contribution in [0.1, 0.15) is 25.0 Å². The van der Waals surface area contributed by atoms with Crippen molar-refractivity contribution in [2.24, 2.45) is 0 Å². The van der Waals surface area contributed by atoms with Crippen LogP contribution in [-0.4, -0.2) is 6.10 Å². The molecule has 0 amide bonds. The third kappa shape index (κ3) is 3.48. The first-order valence-electron chi connectivity index (χ1n) is 6.77. The molecule has 0 aliphatic heterocycles. The van der Waals surface area contributed by atoms with Crippen LogP contribution in [0.25, 0.3) is 0 Å². The molecule has 106 valence electrons. The van der Waals surface area contributed by atoms with Gasteiger partial charge in [-0.3, -0.25) is 0 Å². The largest absolute Gasteiger partial charge is 0.489 e. The molecule has 0 spiro atoms. The highest BCUT2D eigenvalue weighted by Crippen LogP contribution is 2.38. The number of para-hydroxylation sites is 1. The predicted octanol–water partition coefficient (Wildman–Crippen LogP) is 4.82. The van der Waals surface area contributed by atoms with Gasteiger partial charge in [-0.2, -0.15) is 0 Å². The Morgan fingerprint density at radius 1 is 1.05 bits per heavy atom. The Morgan fingerprint density at radius 2 is 1.80 bits per heavy atom. The van der Waals surface area contributed by atoms with Gasteiger partial charge in [0.15, 0.2) is 0 Å². The zero-order chi connectivity index (χ0) is 14.7. The fraction of sp³-hybridized carbons (Fsp3) is 0.294. The Labute approximate surface area is 125 Å². The van der Waals surface area contributed by atoms with E-state index in [9.17, 15) is 0 Å². The monoisotopic (exact) mass is 287 g/mol. The first-order chi connectivity index (χ1) is 9.47. The number of benzene rings is 2. The zero-order valence-electron chi connectivity index (χ0n) is 12.4. The molecule has 0 heterocycles. The van der Waals surface area contributed by atoms with E-state index in [0.29, 0.717) is 5.69 Å². The molecule has 0 atom stereocenters. The van der Waals surface area contributed by atoms with Crippen molar-refractivity contribution in [1.29, 1.82) is 0 Å². The smallest absolute Gasteiger partial charge is 0.143 e. The highest BCUT2D eigenvalue weighted by Gasteiger charge is 2.10. The van der Waals surface area contributed by atoms with Crippen molar-refractivity contribution >= 4 is 17.4 Å². The van der Waals surface area contributed by atoms with E-state index in [0.717, 1.165) is 10.6 Å². The van der Waals surface area contributed by atoms with Crippen LogP contribution in [0.4, 0.5) is 5.69 Å². The van der Waals surface area contributed by atoms with E-state index in [1.807, 2.05) is 32.0 Å². The molecule has 20 heavy (non-hydrogen) atoms. The maximum atomic E-state index is 6.22. The third-order valence-corrected chi connectivity index (χ3v) is 4.19. The van der Waals surface area contributed by atoms with Crippen LogP contribution in [-0.2, 0) is 0 Å². The van der Waals surface area contributed by atoms with E-state index in [1.165, 1.54) is 16.0 Å². The molecule has 2 N–H and O–H groups in total. The van der Waals surface area contributed by atoms with Crippen LogP contribution < -0.4 is 10.5 Å². The van der Waals surface area contributed by atoms with Gasteiger partial charge in [-0.05, 0) is 57.0 Å². The van der Waals surface area contributed by atoms with E-state index >= 15 is 0 Å². The quantitative estimate of drug-likeness (QED) is 0.818. The lowest BCUT2D eigenvalue weighted by Gasteiger charge is -2.15. The molecule has 0 radical (unpaired) electrons. The summed E-state index contributed by atoms with van der Waals surface area (Å²) in [5.74, 6) is 0.760. The van der Waals surface area contributed by atoms with Crippen LogP contribution in [0, 0.1) is 13.8 Å². The van der Waals surface area contributed by atoms with Crippen LogP contribution in [0.3, 0.4) is 0 Å². The van der Waals surface area contributed by atoms with Gasteiger partial charge >= 0.3 is 0 Å². The fourth-order valence-corrected chi connectivity index (χ4v) is 2.97. The second kappa shape index (κ2) is 6.23. The molecule has 0 aliphatic rings. The van der Waals surface area contributed by atoms with Gasteiger partial charge in [0, 0.05) is 9.79 Å². The average molecular weight is 287 g/mol. The summed E-state index contributed by atoms with van der Waals surface area (Å²) in [6.07, 6.45) is 0.123. The van der Waals surface area contributed by atoms with Crippen molar-refractivity contribution in [2.45, 2.75) is 43.6 Å². The Morgan fingerprint density at radius 3 is 2.50 bits per heavy atom. The van der Waals surface area contributed by atoms with Gasteiger partial charge in [-0.25, -0.2) is 0 Å². The van der Waals surface area contributed by atoms with Crippen molar-refractivity contribution in [1.82, 2.24) is 0 Å². The highest BCUT2D eigenvalue weighted by atomic mass is 32.2. The van der Waals surface area contributed by atoms with Gasteiger partial charge in [0.05, 0.1) is 11.8 Å². The number of nitrogens with two attached hydrogens (primary N) is 1. The number of hydrogen-bond donors (Lipinski definition) is 1. The molecule has 3 heteroatoms. The lowest BCUT2D eigenvalue weighted by atomic mass is 10.2. The maximum Gasteiger partial charge on any atom is 0.143 e. The lowest BCUT2D eigenvalue weighted by Crippen LogP contribution is -2.07. The summed E-state index contributed by atoms with van der Waals surface area (Å²) in [7, 11) is 0. The summed E-state index contributed by atoms with van der Waals surface area (Å²) in [6, 6.07) is 12.4. The summed E-state index contributed by atoms with van der Waals surface area (Å²) < 4.78 is 5.74. The molecule has 2 aromatic rings. The minimum atomic E-state index is 0.123. The van der Waals surface area contributed by atoms with Gasteiger partial charge < -0.3 is 10.5 Å². The normalized spacial score (nSPS) is 10.8. The number of hydrogen-bond acceptors (Lipinski definition) is 3. The van der Waals surface area contributed by atoms with Crippen LogP contribution in [0.5, 0.6) is 5.75 Å². The molecule has 2 aromatic carbocycles. The van der Waals surface area contributed by atoms with Crippen molar-refractivity contribution in [3.8, 4) is 5.75 Å². The van der Waals surface area contributed by atoms with Gasteiger partial charge in [0.1, 0.15) is 5.75 Å². The second-order valence-electron chi connectivity index (χ2n) is 5.21. The van der Waals surface area contributed by atoms with Crippen molar-refractivity contribution in [2.75, 3.05) is 5.73 Å². The van der Waals surface area contributed by atoms with Gasteiger partial charge in [0.2, 0.25) is 0 Å². The van der Waals surface area contributed by atoms with Crippen molar-refractivity contribution < 1.29 is 4.74 Å². The molecular formula is C17H21NOS. The Bertz CT molecular complexity index is 608. The van der Waals surface area contributed by atoms with Gasteiger partial charge in [0.25, 0.3) is 0 Å². The first-order valence-corrected chi connectivity index (χ1v) is 7.59. The average Bonchev–Trinajstić information content (AvgIpc) is 2.38. The van der Waals surface area contributed by atoms with Gasteiger partial charge in [-0.15, -0.1) is 0 Å². The number of ether oxygens (including phenoxy) is 1. The molecule has 0 unspecified atom stereocenters. The molecule has 0 bridgehead atoms. The zero-order valence-corrected chi connectivity index (χ0v) is 13.3. The van der Waals surface area contributed by atoms with E-state index in [-0.39, 0.29) is 6.10 Å². The molecule has 0 aliphatic carbocycles. The molecule has 0 saturated carbocycles. The number of nitrogen functional groups attached to an aromatic ring is 1. The third-order valence-electron chi connectivity index (χ3n) is 2.95. The highest BCUT2D eigenvalue weighted by molar-refractivity contribution is 7.99. The van der Waals surface area contributed by atoms with E-state index in [2.05, 4.69) is 32.0 Å². The molecule has 0 fully saturated rings. The fourth-order valence-electron chi connectivity index (χ4n) is 1.91. The minimum absolute atomic E-state index is 0.123. The number of aryl methyl sites for hydroxylation is 2.